The van der Waals surface area contributed by atoms with Crippen LogP contribution in [0.3, 0.4) is 0 Å². The van der Waals surface area contributed by atoms with Crippen molar-refractivity contribution in [3.05, 3.63) is 54.6 Å². The molecule has 0 radical (unpaired) electrons. The Morgan fingerprint density at radius 2 is 1.84 bits per heavy atom. The molecule has 1 unspecified atom stereocenters. The second kappa shape index (κ2) is 8.67. The van der Waals surface area contributed by atoms with Crippen molar-refractivity contribution < 1.29 is 14.4 Å². The van der Waals surface area contributed by atoms with E-state index < -0.39 is 0 Å². The van der Waals surface area contributed by atoms with Gasteiger partial charge in [-0.3, -0.25) is 4.79 Å². The number of likely N-dealkylation sites (N-methyl/N-ethyl adjacent to an activating group) is 1. The van der Waals surface area contributed by atoms with Crippen LogP contribution in [0.5, 0.6) is 5.75 Å². The minimum atomic E-state index is -0.0468. The third kappa shape index (κ3) is 4.83. The Morgan fingerprint density at radius 3 is 2.56 bits per heavy atom. The molecule has 1 saturated heterocycles. The fourth-order valence-electron chi connectivity index (χ4n) is 3.51. The zero-order valence-electron chi connectivity index (χ0n) is 14.8. The van der Waals surface area contributed by atoms with Gasteiger partial charge in [0.1, 0.15) is 11.8 Å². The third-order valence-electron chi connectivity index (χ3n) is 4.96. The first-order chi connectivity index (χ1) is 12.3. The summed E-state index contributed by atoms with van der Waals surface area (Å²) in [6.07, 6.45) is 2.46. The molecule has 1 heterocycles. The van der Waals surface area contributed by atoms with E-state index in [1.165, 1.54) is 24.9 Å². The minimum absolute atomic E-state index is 0.0468. The average Bonchev–Trinajstić information content (AvgIpc) is 3.13. The Hall–Kier alpha value is -2.33. The van der Waals surface area contributed by atoms with Crippen LogP contribution in [-0.2, 0) is 4.79 Å². The number of hydrogen-bond donors (Lipinski definition) is 2. The zero-order valence-corrected chi connectivity index (χ0v) is 14.8. The molecule has 25 heavy (non-hydrogen) atoms. The highest BCUT2D eigenvalue weighted by molar-refractivity contribution is 5.77. The molecule has 0 aromatic heterocycles. The lowest BCUT2D eigenvalue weighted by Gasteiger charge is -2.20. The number of carbonyl (C=O) groups excluding carboxylic acids is 1. The first-order valence-corrected chi connectivity index (χ1v) is 9.16. The van der Waals surface area contributed by atoms with Gasteiger partial charge in [0.2, 0.25) is 0 Å². The molecule has 1 fully saturated rings. The highest BCUT2D eigenvalue weighted by Gasteiger charge is 2.27. The standard InChI is InChI=1S/C21H26N2O2/c1-2-23-14-6-9-19(23)15-22-21(24)16-25-20-12-10-18(11-13-20)17-7-4-3-5-8-17/h3-5,7-8,10-13,19H,2,6,9,14-16H2,1H3,(H,22,24)/p+1/t19-/m1/s1. The summed E-state index contributed by atoms with van der Waals surface area (Å²) in [4.78, 5) is 13.6. The molecule has 0 bridgehead atoms. The van der Waals surface area contributed by atoms with Crippen molar-refractivity contribution in [2.24, 2.45) is 0 Å². The summed E-state index contributed by atoms with van der Waals surface area (Å²) in [7, 11) is 0. The van der Waals surface area contributed by atoms with Crippen LogP contribution in [0, 0.1) is 0 Å². The number of rotatable bonds is 7. The van der Waals surface area contributed by atoms with Gasteiger partial charge in [-0.1, -0.05) is 42.5 Å². The lowest BCUT2D eigenvalue weighted by molar-refractivity contribution is -0.909. The van der Waals surface area contributed by atoms with Gasteiger partial charge in [0, 0.05) is 12.8 Å². The molecule has 0 saturated carbocycles. The van der Waals surface area contributed by atoms with Gasteiger partial charge in [-0.05, 0) is 30.2 Å². The lowest BCUT2D eigenvalue weighted by atomic mass is 10.1. The van der Waals surface area contributed by atoms with Crippen molar-refractivity contribution in [3.63, 3.8) is 0 Å². The first-order valence-electron chi connectivity index (χ1n) is 9.16. The fraction of sp³-hybridized carbons (Fsp3) is 0.381. The molecular weight excluding hydrogens is 312 g/mol. The second-order valence-corrected chi connectivity index (χ2v) is 6.58. The predicted octanol–water partition coefficient (Wildman–Crippen LogP) is 1.92. The van der Waals surface area contributed by atoms with E-state index in [1.54, 1.807) is 4.90 Å². The largest absolute Gasteiger partial charge is 0.484 e. The summed E-state index contributed by atoms with van der Waals surface area (Å²) in [6.45, 7) is 5.38. The van der Waals surface area contributed by atoms with Gasteiger partial charge in [-0.15, -0.1) is 0 Å². The van der Waals surface area contributed by atoms with E-state index in [1.807, 2.05) is 42.5 Å². The van der Waals surface area contributed by atoms with E-state index in [2.05, 4.69) is 24.4 Å². The van der Waals surface area contributed by atoms with Crippen molar-refractivity contribution >= 4 is 5.91 Å². The second-order valence-electron chi connectivity index (χ2n) is 6.58. The molecule has 2 atom stereocenters. The zero-order chi connectivity index (χ0) is 17.5. The number of ether oxygens (including phenoxy) is 1. The molecule has 0 spiro atoms. The summed E-state index contributed by atoms with van der Waals surface area (Å²) >= 11 is 0. The quantitative estimate of drug-likeness (QED) is 0.809. The normalized spacial score (nSPS) is 19.6. The topological polar surface area (TPSA) is 42.8 Å². The van der Waals surface area contributed by atoms with E-state index >= 15 is 0 Å². The Kier molecular flexibility index (Phi) is 6.07. The maximum atomic E-state index is 12.0. The van der Waals surface area contributed by atoms with Gasteiger partial charge in [0.25, 0.3) is 5.91 Å². The maximum Gasteiger partial charge on any atom is 0.258 e. The number of benzene rings is 2. The number of amides is 1. The number of hydrogen-bond acceptors (Lipinski definition) is 2. The predicted molar refractivity (Wildman–Crippen MR) is 99.8 cm³/mol. The molecular formula is C21H27N2O2+. The van der Waals surface area contributed by atoms with Gasteiger partial charge in [-0.25, -0.2) is 0 Å². The fourth-order valence-corrected chi connectivity index (χ4v) is 3.51. The van der Waals surface area contributed by atoms with Crippen LogP contribution in [0.25, 0.3) is 11.1 Å². The molecule has 4 nitrogen and oxygen atoms in total. The van der Waals surface area contributed by atoms with Gasteiger partial charge in [-0.2, -0.15) is 0 Å². The monoisotopic (exact) mass is 339 g/mol. The van der Waals surface area contributed by atoms with Crippen LogP contribution >= 0.6 is 0 Å². The van der Waals surface area contributed by atoms with Gasteiger partial charge < -0.3 is 15.0 Å². The van der Waals surface area contributed by atoms with Crippen LogP contribution in [0.4, 0.5) is 0 Å². The summed E-state index contributed by atoms with van der Waals surface area (Å²) in [5.41, 5.74) is 2.31. The Labute approximate surface area is 149 Å². The number of nitrogens with one attached hydrogen (secondary N) is 2. The Morgan fingerprint density at radius 1 is 1.12 bits per heavy atom. The van der Waals surface area contributed by atoms with Crippen LogP contribution in [0.1, 0.15) is 19.8 Å². The summed E-state index contributed by atoms with van der Waals surface area (Å²) in [5, 5.41) is 3.01. The minimum Gasteiger partial charge on any atom is -0.484 e. The maximum absolute atomic E-state index is 12.0. The van der Waals surface area contributed by atoms with E-state index in [0.29, 0.717) is 6.04 Å². The van der Waals surface area contributed by atoms with Crippen molar-refractivity contribution in [1.29, 1.82) is 0 Å². The number of carbonyl (C=O) groups is 1. The Bertz CT molecular complexity index is 670. The molecule has 4 heteroatoms. The first kappa shape index (κ1) is 17.5. The van der Waals surface area contributed by atoms with Crippen molar-refractivity contribution in [2.75, 3.05) is 26.2 Å². The van der Waals surface area contributed by atoms with E-state index in [0.717, 1.165) is 24.4 Å². The van der Waals surface area contributed by atoms with E-state index in [4.69, 9.17) is 4.74 Å². The van der Waals surface area contributed by atoms with Crippen molar-refractivity contribution in [1.82, 2.24) is 5.32 Å². The highest BCUT2D eigenvalue weighted by atomic mass is 16.5. The molecule has 1 aliphatic rings. The van der Waals surface area contributed by atoms with Crippen molar-refractivity contribution in [2.45, 2.75) is 25.8 Å². The van der Waals surface area contributed by atoms with Gasteiger partial charge >= 0.3 is 0 Å². The number of quaternary nitrogens is 1. The molecule has 2 aromatic rings. The van der Waals surface area contributed by atoms with E-state index in [-0.39, 0.29) is 12.5 Å². The summed E-state index contributed by atoms with van der Waals surface area (Å²) in [6, 6.07) is 18.6. The molecule has 2 aromatic carbocycles. The van der Waals surface area contributed by atoms with Crippen LogP contribution < -0.4 is 15.0 Å². The molecule has 2 N–H and O–H groups in total. The van der Waals surface area contributed by atoms with Gasteiger partial charge in [0.15, 0.2) is 6.61 Å². The summed E-state index contributed by atoms with van der Waals surface area (Å²) < 4.78 is 5.61. The van der Waals surface area contributed by atoms with Crippen molar-refractivity contribution in [3.8, 4) is 16.9 Å². The average molecular weight is 339 g/mol. The molecule has 0 aliphatic carbocycles. The Balaban J connectivity index is 1.44. The smallest absolute Gasteiger partial charge is 0.258 e. The van der Waals surface area contributed by atoms with Gasteiger partial charge in [0.05, 0.1) is 19.6 Å². The molecule has 132 valence electrons. The van der Waals surface area contributed by atoms with E-state index in [9.17, 15) is 4.79 Å². The molecule has 1 aliphatic heterocycles. The molecule has 3 rings (SSSR count). The number of likely N-dealkylation sites (tertiary alicyclic amines) is 1. The molecule has 1 amide bonds. The lowest BCUT2D eigenvalue weighted by Crippen LogP contribution is -3.14. The van der Waals surface area contributed by atoms with Crippen LogP contribution in [0.15, 0.2) is 54.6 Å². The van der Waals surface area contributed by atoms with Crippen LogP contribution in [0.2, 0.25) is 0 Å². The van der Waals surface area contributed by atoms with Crippen LogP contribution in [-0.4, -0.2) is 38.2 Å². The highest BCUT2D eigenvalue weighted by Crippen LogP contribution is 2.21. The SMILES string of the molecule is CC[NH+]1CCC[C@@H]1CNC(=O)COc1ccc(-c2ccccc2)cc1. The summed E-state index contributed by atoms with van der Waals surface area (Å²) in [5.74, 6) is 0.672. The third-order valence-corrected chi connectivity index (χ3v) is 4.96.